The van der Waals surface area contributed by atoms with Crippen LogP contribution in [0.4, 0.5) is 5.00 Å². The van der Waals surface area contributed by atoms with Gasteiger partial charge in [0.05, 0.1) is 10.4 Å². The van der Waals surface area contributed by atoms with Crippen LogP contribution in [0.3, 0.4) is 0 Å². The number of aromatic carboxylic acids is 1. The van der Waals surface area contributed by atoms with Crippen molar-refractivity contribution < 1.29 is 14.7 Å². The van der Waals surface area contributed by atoms with Crippen molar-refractivity contribution in [1.29, 1.82) is 0 Å². The number of hydrogen-bond donors (Lipinski definition) is 2. The Bertz CT molecular complexity index is 828. The van der Waals surface area contributed by atoms with Gasteiger partial charge in [0.15, 0.2) is 0 Å². The molecular weight excluding hydrogens is 326 g/mol. The topological polar surface area (TPSA) is 66.4 Å². The quantitative estimate of drug-likeness (QED) is 0.734. The van der Waals surface area contributed by atoms with Gasteiger partial charge >= 0.3 is 5.97 Å². The number of carboxylic acids is 1. The van der Waals surface area contributed by atoms with Crippen LogP contribution < -0.4 is 5.32 Å². The fourth-order valence-corrected chi connectivity index (χ4v) is 5.07. The minimum Gasteiger partial charge on any atom is -0.478 e. The van der Waals surface area contributed by atoms with Gasteiger partial charge in [-0.15, -0.1) is 34.0 Å². The second-order valence-electron chi connectivity index (χ2n) is 4.51. The average molecular weight is 337 g/mol. The van der Waals surface area contributed by atoms with E-state index >= 15 is 0 Å². The van der Waals surface area contributed by atoms with Gasteiger partial charge in [0, 0.05) is 14.3 Å². The van der Waals surface area contributed by atoms with Crippen LogP contribution in [0.1, 0.15) is 30.5 Å². The maximum absolute atomic E-state index is 12.3. The molecule has 0 aliphatic heterocycles. The van der Waals surface area contributed by atoms with E-state index in [4.69, 9.17) is 0 Å². The summed E-state index contributed by atoms with van der Waals surface area (Å²) in [5.74, 6) is -1.27. The lowest BCUT2D eigenvalue weighted by Gasteiger charge is -2.02. The molecule has 3 aromatic heterocycles. The average Bonchev–Trinajstić information content (AvgIpc) is 3.03. The maximum Gasteiger partial charge on any atom is 0.338 e. The highest BCUT2D eigenvalue weighted by atomic mass is 32.1. The number of carbonyl (C=O) groups excluding carboxylic acids is 1. The number of carboxylic acid groups (broad SMARTS) is 1. The number of carbonyl (C=O) groups is 2. The monoisotopic (exact) mass is 337 g/mol. The Morgan fingerprint density at radius 1 is 1.19 bits per heavy atom. The third kappa shape index (κ3) is 2.48. The van der Waals surface area contributed by atoms with Gasteiger partial charge in [0.1, 0.15) is 5.00 Å². The SMILES string of the molecule is Cc1sc(NC(=O)c2cc3sccc3s2)c(C(=O)O)c1C. The zero-order chi connectivity index (χ0) is 15.1. The van der Waals surface area contributed by atoms with Crippen molar-refractivity contribution in [3.63, 3.8) is 0 Å². The highest BCUT2D eigenvalue weighted by Crippen LogP contribution is 2.34. The second-order valence-corrected chi connectivity index (χ2v) is 7.76. The van der Waals surface area contributed by atoms with E-state index < -0.39 is 5.97 Å². The van der Waals surface area contributed by atoms with E-state index in [1.54, 1.807) is 18.3 Å². The molecule has 0 saturated carbocycles. The molecule has 1 amide bonds. The summed E-state index contributed by atoms with van der Waals surface area (Å²) in [4.78, 5) is 25.1. The Balaban J connectivity index is 1.93. The zero-order valence-corrected chi connectivity index (χ0v) is 13.7. The minimum atomic E-state index is -1.01. The fraction of sp³-hybridized carbons (Fsp3) is 0.143. The molecule has 3 aromatic rings. The molecule has 0 aromatic carbocycles. The second kappa shape index (κ2) is 5.25. The van der Waals surface area contributed by atoms with Crippen molar-refractivity contribution in [3.05, 3.63) is 38.4 Å². The molecule has 108 valence electrons. The van der Waals surface area contributed by atoms with Gasteiger partial charge in [-0.3, -0.25) is 4.79 Å². The fourth-order valence-electron chi connectivity index (χ4n) is 2.01. The molecule has 0 saturated heterocycles. The van der Waals surface area contributed by atoms with E-state index in [1.807, 2.05) is 24.4 Å². The standard InChI is InChI=1S/C14H11NO3S3/c1-6-7(2)20-13(11(6)14(17)18)15-12(16)10-5-9-8(21-10)3-4-19-9/h3-5H,1-2H3,(H,15,16)(H,17,18). The Morgan fingerprint density at radius 2 is 1.95 bits per heavy atom. The van der Waals surface area contributed by atoms with Crippen molar-refractivity contribution >= 4 is 60.3 Å². The van der Waals surface area contributed by atoms with Crippen LogP contribution in [0, 0.1) is 13.8 Å². The van der Waals surface area contributed by atoms with Gasteiger partial charge in [0.2, 0.25) is 0 Å². The lowest BCUT2D eigenvalue weighted by Crippen LogP contribution is -2.12. The molecule has 7 heteroatoms. The van der Waals surface area contributed by atoms with Crippen molar-refractivity contribution in [2.75, 3.05) is 5.32 Å². The Hall–Kier alpha value is -1.70. The molecule has 0 aliphatic rings. The first kappa shape index (κ1) is 14.2. The molecule has 3 rings (SSSR count). The summed E-state index contributed by atoms with van der Waals surface area (Å²) >= 11 is 4.29. The van der Waals surface area contributed by atoms with E-state index in [0.717, 1.165) is 14.3 Å². The van der Waals surface area contributed by atoms with Gasteiger partial charge in [-0.25, -0.2) is 4.79 Å². The molecule has 4 nitrogen and oxygen atoms in total. The molecule has 3 heterocycles. The van der Waals surface area contributed by atoms with Crippen LogP contribution in [0.25, 0.3) is 9.40 Å². The summed E-state index contributed by atoms with van der Waals surface area (Å²) in [5, 5.41) is 14.4. The summed E-state index contributed by atoms with van der Waals surface area (Å²) in [6.07, 6.45) is 0. The summed E-state index contributed by atoms with van der Waals surface area (Å²) in [6.45, 7) is 3.61. The Labute approximate surface area is 132 Å². The van der Waals surface area contributed by atoms with Gasteiger partial charge in [-0.2, -0.15) is 0 Å². The number of anilines is 1. The number of aryl methyl sites for hydroxylation is 1. The third-order valence-corrected chi connectivity index (χ3v) is 6.40. The molecule has 0 bridgehead atoms. The molecule has 0 radical (unpaired) electrons. The number of nitrogens with one attached hydrogen (secondary N) is 1. The van der Waals surface area contributed by atoms with Crippen molar-refractivity contribution in [2.24, 2.45) is 0 Å². The normalized spacial score (nSPS) is 11.0. The third-order valence-electron chi connectivity index (χ3n) is 3.19. The number of rotatable bonds is 3. The first-order valence-electron chi connectivity index (χ1n) is 6.09. The number of thiophene rings is 3. The van der Waals surface area contributed by atoms with Crippen LogP contribution in [-0.2, 0) is 0 Å². The highest BCUT2D eigenvalue weighted by Gasteiger charge is 2.21. The molecule has 2 N–H and O–H groups in total. The highest BCUT2D eigenvalue weighted by molar-refractivity contribution is 7.28. The minimum absolute atomic E-state index is 0.184. The van der Waals surface area contributed by atoms with E-state index in [0.29, 0.717) is 15.4 Å². The van der Waals surface area contributed by atoms with Gasteiger partial charge in [0.25, 0.3) is 5.91 Å². The Kier molecular flexibility index (Phi) is 3.56. The van der Waals surface area contributed by atoms with E-state index in [1.165, 1.54) is 22.7 Å². The first-order chi connectivity index (χ1) is 9.97. The molecule has 0 spiro atoms. The molecule has 0 fully saturated rings. The van der Waals surface area contributed by atoms with Crippen LogP contribution in [0.5, 0.6) is 0 Å². The van der Waals surface area contributed by atoms with Gasteiger partial charge < -0.3 is 10.4 Å². The largest absolute Gasteiger partial charge is 0.478 e. The summed E-state index contributed by atoms with van der Waals surface area (Å²) in [5.41, 5.74) is 0.888. The predicted octanol–water partition coefficient (Wildman–Crippen LogP) is 4.59. The number of hydrogen-bond acceptors (Lipinski definition) is 5. The zero-order valence-electron chi connectivity index (χ0n) is 11.2. The molecular formula is C14H11NO3S3. The van der Waals surface area contributed by atoms with E-state index in [-0.39, 0.29) is 11.5 Å². The van der Waals surface area contributed by atoms with Crippen molar-refractivity contribution in [1.82, 2.24) is 0 Å². The molecule has 0 aliphatic carbocycles. The Morgan fingerprint density at radius 3 is 2.62 bits per heavy atom. The molecule has 0 unspecified atom stereocenters. The summed E-state index contributed by atoms with van der Waals surface area (Å²) in [6, 6.07) is 3.82. The maximum atomic E-state index is 12.3. The summed E-state index contributed by atoms with van der Waals surface area (Å²) < 4.78 is 2.14. The van der Waals surface area contributed by atoms with E-state index in [9.17, 15) is 14.7 Å². The smallest absolute Gasteiger partial charge is 0.338 e. The van der Waals surface area contributed by atoms with Crippen LogP contribution in [0.2, 0.25) is 0 Å². The molecule has 21 heavy (non-hydrogen) atoms. The lowest BCUT2D eigenvalue weighted by molar-refractivity contribution is 0.0697. The van der Waals surface area contributed by atoms with Crippen LogP contribution in [0.15, 0.2) is 17.5 Å². The van der Waals surface area contributed by atoms with E-state index in [2.05, 4.69) is 5.32 Å². The number of fused-ring (bicyclic) bond motifs is 1. The van der Waals surface area contributed by atoms with Crippen LogP contribution in [-0.4, -0.2) is 17.0 Å². The first-order valence-corrected chi connectivity index (χ1v) is 8.60. The van der Waals surface area contributed by atoms with Crippen molar-refractivity contribution in [2.45, 2.75) is 13.8 Å². The number of amides is 1. The van der Waals surface area contributed by atoms with Crippen LogP contribution >= 0.6 is 34.0 Å². The van der Waals surface area contributed by atoms with Gasteiger partial charge in [-0.05, 0) is 36.9 Å². The van der Waals surface area contributed by atoms with Crippen molar-refractivity contribution in [3.8, 4) is 0 Å². The predicted molar refractivity (Wildman–Crippen MR) is 88.4 cm³/mol. The van der Waals surface area contributed by atoms with Gasteiger partial charge in [-0.1, -0.05) is 0 Å². The lowest BCUT2D eigenvalue weighted by atomic mass is 10.1. The summed E-state index contributed by atoms with van der Waals surface area (Å²) in [7, 11) is 0. The molecule has 0 atom stereocenters.